The number of hydrogen-bond acceptors (Lipinski definition) is 2. The van der Waals surface area contributed by atoms with Crippen LogP contribution in [0.2, 0.25) is 0 Å². The van der Waals surface area contributed by atoms with Crippen molar-refractivity contribution in [2.24, 2.45) is 0 Å². The lowest BCUT2D eigenvalue weighted by Gasteiger charge is -2.14. The van der Waals surface area contributed by atoms with Gasteiger partial charge in [0.1, 0.15) is 0 Å². The molecule has 0 unspecified atom stereocenters. The van der Waals surface area contributed by atoms with E-state index in [9.17, 15) is 9.59 Å². The quantitative estimate of drug-likeness (QED) is 0.627. The number of carbonyl (C=O) groups is 1. The Balaban J connectivity index is 2.16. The fraction of sp³-hybridized carbons (Fsp3) is 0.158. The molecular formula is C19H17N2O2+. The van der Waals surface area contributed by atoms with Crippen LogP contribution in [0, 0.1) is 0 Å². The van der Waals surface area contributed by atoms with Gasteiger partial charge in [0.2, 0.25) is 0 Å². The fourth-order valence-corrected chi connectivity index (χ4v) is 3.41. The summed E-state index contributed by atoms with van der Waals surface area (Å²) in [5.74, 6) is 0.00942. The number of nitrogens with zero attached hydrogens (tertiary/aromatic N) is 1. The molecule has 0 bridgehead atoms. The Morgan fingerprint density at radius 3 is 2.26 bits per heavy atom. The molecule has 1 aliphatic carbocycles. The molecule has 23 heavy (non-hydrogen) atoms. The number of aromatic nitrogens is 1. The molecule has 4 rings (SSSR count). The molecular weight excluding hydrogens is 288 g/mol. The lowest BCUT2D eigenvalue weighted by molar-refractivity contribution is -0.368. The van der Waals surface area contributed by atoms with Crippen LogP contribution in [0.3, 0.4) is 0 Å². The van der Waals surface area contributed by atoms with Gasteiger partial charge in [0.15, 0.2) is 5.78 Å². The molecule has 114 valence electrons. The standard InChI is InChI=1S/C19H16N2O2/c20-10-5-11-21-17-13-7-2-3-8-14(13)18(22)16(17)12-6-1-4-9-15(12)19(21)23/h1-4,6-9H,5,10-11,20H2/p+1. The van der Waals surface area contributed by atoms with Gasteiger partial charge in [-0.1, -0.05) is 42.5 Å². The molecule has 1 aromatic heterocycles. The van der Waals surface area contributed by atoms with E-state index in [2.05, 4.69) is 5.73 Å². The first-order valence-corrected chi connectivity index (χ1v) is 7.83. The Kier molecular flexibility index (Phi) is 3.13. The minimum atomic E-state index is -0.0303. The molecule has 0 atom stereocenters. The molecule has 0 saturated carbocycles. The van der Waals surface area contributed by atoms with Crippen molar-refractivity contribution in [3.8, 4) is 11.3 Å². The average Bonchev–Trinajstić information content (AvgIpc) is 2.89. The summed E-state index contributed by atoms with van der Waals surface area (Å²) in [5.41, 5.74) is 6.80. The van der Waals surface area contributed by atoms with Crippen LogP contribution >= 0.6 is 0 Å². The number of benzene rings is 2. The molecule has 4 nitrogen and oxygen atoms in total. The van der Waals surface area contributed by atoms with Crippen LogP contribution < -0.4 is 11.3 Å². The highest BCUT2D eigenvalue weighted by atomic mass is 16.1. The van der Waals surface area contributed by atoms with Crippen LogP contribution in [0.4, 0.5) is 0 Å². The third-order valence-electron chi connectivity index (χ3n) is 4.46. The number of hydrogen-bond donors (Lipinski definition) is 1. The van der Waals surface area contributed by atoms with Gasteiger partial charge in [0.05, 0.1) is 17.8 Å². The molecule has 0 radical (unpaired) electrons. The van der Waals surface area contributed by atoms with Crippen molar-refractivity contribution in [2.45, 2.75) is 13.0 Å². The van der Waals surface area contributed by atoms with Crippen LogP contribution in [-0.4, -0.2) is 16.9 Å². The highest BCUT2D eigenvalue weighted by Crippen LogP contribution is 2.38. The number of ketones is 1. The Labute approximate surface area is 133 Å². The smallest absolute Gasteiger partial charge is 0.258 e. The minimum absolute atomic E-state index is 0.00942. The highest BCUT2D eigenvalue weighted by Gasteiger charge is 2.31. The molecule has 0 aliphatic heterocycles. The molecule has 4 heteroatoms. The van der Waals surface area contributed by atoms with Crippen LogP contribution in [0.5, 0.6) is 0 Å². The lowest BCUT2D eigenvalue weighted by atomic mass is 10.0. The zero-order chi connectivity index (χ0) is 16.0. The topological polar surface area (TPSA) is 66.7 Å². The molecule has 0 spiro atoms. The van der Waals surface area contributed by atoms with Gasteiger partial charge in [-0.25, -0.2) is 0 Å². The number of quaternary nitrogens is 1. The van der Waals surface area contributed by atoms with Crippen molar-refractivity contribution in [3.63, 3.8) is 0 Å². The summed E-state index contributed by atoms with van der Waals surface area (Å²) in [5, 5.41) is 1.36. The zero-order valence-corrected chi connectivity index (χ0v) is 12.7. The largest absolute Gasteiger partial charge is 0.358 e. The number of pyridine rings is 1. The van der Waals surface area contributed by atoms with E-state index in [4.69, 9.17) is 0 Å². The van der Waals surface area contributed by atoms with Crippen LogP contribution in [0.1, 0.15) is 22.3 Å². The van der Waals surface area contributed by atoms with E-state index >= 15 is 0 Å². The van der Waals surface area contributed by atoms with Gasteiger partial charge >= 0.3 is 0 Å². The Bertz CT molecular complexity index is 1000. The Morgan fingerprint density at radius 1 is 0.870 bits per heavy atom. The minimum Gasteiger partial charge on any atom is -0.358 e. The van der Waals surface area contributed by atoms with Gasteiger partial charge in [-0.2, -0.15) is 0 Å². The zero-order valence-electron chi connectivity index (χ0n) is 12.7. The van der Waals surface area contributed by atoms with Crippen LogP contribution in [-0.2, 0) is 6.54 Å². The molecule has 0 fully saturated rings. The number of carbonyl (C=O) groups excluding carboxylic acids is 1. The maximum Gasteiger partial charge on any atom is 0.258 e. The van der Waals surface area contributed by atoms with Gasteiger partial charge in [0, 0.05) is 34.9 Å². The van der Waals surface area contributed by atoms with E-state index in [1.165, 1.54) is 0 Å². The molecule has 1 aliphatic rings. The summed E-state index contributed by atoms with van der Waals surface area (Å²) in [7, 11) is 0. The first-order chi connectivity index (χ1) is 11.2. The monoisotopic (exact) mass is 305 g/mol. The summed E-state index contributed by atoms with van der Waals surface area (Å²) in [4.78, 5) is 25.9. The van der Waals surface area contributed by atoms with Crippen LogP contribution in [0.15, 0.2) is 53.3 Å². The van der Waals surface area contributed by atoms with Crippen molar-refractivity contribution in [3.05, 3.63) is 70.0 Å². The van der Waals surface area contributed by atoms with E-state index in [0.29, 0.717) is 23.1 Å². The number of fused-ring (bicyclic) bond motifs is 5. The molecule has 3 N–H and O–H groups in total. The second kappa shape index (κ2) is 5.18. The van der Waals surface area contributed by atoms with E-state index in [0.717, 1.165) is 29.6 Å². The normalized spacial score (nSPS) is 12.5. The first kappa shape index (κ1) is 13.9. The Hall–Kier alpha value is -2.72. The summed E-state index contributed by atoms with van der Waals surface area (Å²) < 4.78 is 1.76. The lowest BCUT2D eigenvalue weighted by Crippen LogP contribution is -2.50. The second-order valence-corrected chi connectivity index (χ2v) is 5.81. The van der Waals surface area contributed by atoms with Crippen molar-refractivity contribution >= 4 is 16.6 Å². The summed E-state index contributed by atoms with van der Waals surface area (Å²) in [6, 6.07) is 14.9. The van der Waals surface area contributed by atoms with Gasteiger partial charge in [-0.15, -0.1) is 0 Å². The molecule has 0 amide bonds. The van der Waals surface area contributed by atoms with E-state index in [1.54, 1.807) is 10.6 Å². The molecule has 2 aromatic carbocycles. The fourth-order valence-electron chi connectivity index (χ4n) is 3.41. The predicted octanol–water partition coefficient (Wildman–Crippen LogP) is 1.84. The van der Waals surface area contributed by atoms with Gasteiger partial charge < -0.3 is 10.3 Å². The van der Waals surface area contributed by atoms with E-state index < -0.39 is 0 Å². The van der Waals surface area contributed by atoms with Crippen molar-refractivity contribution in [2.75, 3.05) is 6.54 Å². The SMILES string of the molecule is [NH3+]CCCn1c2c(c3ccccc3c1=O)C(=O)c1ccccc1-2. The summed E-state index contributed by atoms with van der Waals surface area (Å²) in [6.45, 7) is 1.33. The molecule has 0 saturated heterocycles. The summed E-state index contributed by atoms with van der Waals surface area (Å²) in [6.07, 6.45) is 0.807. The predicted molar refractivity (Wildman–Crippen MR) is 89.4 cm³/mol. The second-order valence-electron chi connectivity index (χ2n) is 5.81. The highest BCUT2D eigenvalue weighted by molar-refractivity contribution is 6.26. The van der Waals surface area contributed by atoms with Crippen LogP contribution in [0.25, 0.3) is 22.0 Å². The Morgan fingerprint density at radius 2 is 1.52 bits per heavy atom. The average molecular weight is 305 g/mol. The van der Waals surface area contributed by atoms with Gasteiger partial charge in [-0.3, -0.25) is 9.59 Å². The van der Waals surface area contributed by atoms with Gasteiger partial charge in [-0.05, 0) is 6.07 Å². The maximum atomic E-state index is 12.9. The van der Waals surface area contributed by atoms with E-state index in [-0.39, 0.29) is 11.3 Å². The third kappa shape index (κ3) is 1.88. The molecule has 3 aromatic rings. The maximum absolute atomic E-state index is 12.9. The third-order valence-corrected chi connectivity index (χ3v) is 4.46. The summed E-state index contributed by atoms with van der Waals surface area (Å²) >= 11 is 0. The first-order valence-electron chi connectivity index (χ1n) is 7.83. The van der Waals surface area contributed by atoms with Gasteiger partial charge in [0.25, 0.3) is 5.56 Å². The van der Waals surface area contributed by atoms with Crippen molar-refractivity contribution in [1.82, 2.24) is 4.57 Å². The molecule has 1 heterocycles. The van der Waals surface area contributed by atoms with E-state index in [1.807, 2.05) is 42.5 Å². The van der Waals surface area contributed by atoms with Crippen molar-refractivity contribution in [1.29, 1.82) is 0 Å². The van der Waals surface area contributed by atoms with Crippen molar-refractivity contribution < 1.29 is 10.5 Å². The number of rotatable bonds is 3.